The molecule has 0 aromatic heterocycles. The van der Waals surface area contributed by atoms with E-state index in [-0.39, 0.29) is 23.0 Å². The molecule has 0 radical (unpaired) electrons. The summed E-state index contributed by atoms with van der Waals surface area (Å²) in [5.41, 5.74) is 2.00. The second kappa shape index (κ2) is 12.6. The van der Waals surface area contributed by atoms with Crippen LogP contribution < -0.4 is 14.4 Å². The zero-order valence-electron chi connectivity index (χ0n) is 21.8. The van der Waals surface area contributed by atoms with Crippen molar-refractivity contribution in [3.8, 4) is 5.75 Å². The lowest BCUT2D eigenvalue weighted by Crippen LogP contribution is -2.50. The van der Waals surface area contributed by atoms with Gasteiger partial charge in [0.05, 0.1) is 17.2 Å². The lowest BCUT2D eigenvalue weighted by molar-refractivity contribution is -0.139. The Morgan fingerprint density at radius 1 is 1.03 bits per heavy atom. The number of hydrogen-bond acceptors (Lipinski definition) is 5. The highest BCUT2D eigenvalue weighted by molar-refractivity contribution is 7.92. The van der Waals surface area contributed by atoms with E-state index in [1.807, 2.05) is 38.1 Å². The number of likely N-dealkylation sites (N-methyl/N-ethyl adjacent to an activating group) is 1. The van der Waals surface area contributed by atoms with Crippen molar-refractivity contribution in [2.24, 2.45) is 0 Å². The molecule has 0 unspecified atom stereocenters. The Morgan fingerprint density at radius 2 is 1.68 bits per heavy atom. The van der Waals surface area contributed by atoms with Crippen molar-refractivity contribution < 1.29 is 27.1 Å². The van der Waals surface area contributed by atoms with E-state index in [1.165, 1.54) is 24.1 Å². The van der Waals surface area contributed by atoms with Crippen LogP contribution in [0.2, 0.25) is 0 Å². The van der Waals surface area contributed by atoms with E-state index in [4.69, 9.17) is 4.74 Å². The number of hydrogen-bond donors (Lipinski definition) is 1. The lowest BCUT2D eigenvalue weighted by atomic mass is 10.1. The summed E-state index contributed by atoms with van der Waals surface area (Å²) in [6.07, 6.45) is 0. The molecule has 3 rings (SSSR count). The summed E-state index contributed by atoms with van der Waals surface area (Å²) in [5.74, 6) is -1.02. The number of sulfonamides is 1. The molecule has 38 heavy (non-hydrogen) atoms. The third-order valence-electron chi connectivity index (χ3n) is 5.97. The first-order chi connectivity index (χ1) is 18.1. The molecule has 202 valence electrons. The first kappa shape index (κ1) is 28.6. The quantitative estimate of drug-likeness (QED) is 0.397. The summed E-state index contributed by atoms with van der Waals surface area (Å²) in [5, 5.41) is 2.55. The summed E-state index contributed by atoms with van der Waals surface area (Å²) < 4.78 is 47.4. The van der Waals surface area contributed by atoms with Crippen molar-refractivity contribution >= 4 is 27.5 Å². The number of benzene rings is 3. The molecule has 10 heteroatoms. The van der Waals surface area contributed by atoms with Crippen molar-refractivity contribution in [1.82, 2.24) is 10.2 Å². The van der Waals surface area contributed by atoms with Crippen LogP contribution in [-0.4, -0.2) is 51.4 Å². The van der Waals surface area contributed by atoms with Crippen molar-refractivity contribution in [2.75, 3.05) is 24.5 Å². The van der Waals surface area contributed by atoms with Crippen LogP contribution in [0.5, 0.6) is 5.75 Å². The zero-order chi connectivity index (χ0) is 27.9. The van der Waals surface area contributed by atoms with E-state index in [2.05, 4.69) is 5.32 Å². The molecule has 0 aliphatic carbocycles. The first-order valence-corrected chi connectivity index (χ1v) is 13.6. The van der Waals surface area contributed by atoms with Gasteiger partial charge in [0.1, 0.15) is 24.2 Å². The molecule has 3 aromatic carbocycles. The van der Waals surface area contributed by atoms with Crippen LogP contribution >= 0.6 is 0 Å². The molecule has 0 bridgehead atoms. The Hall–Kier alpha value is -3.92. The van der Waals surface area contributed by atoms with Gasteiger partial charge in [0.25, 0.3) is 10.0 Å². The van der Waals surface area contributed by atoms with Gasteiger partial charge in [-0.25, -0.2) is 12.8 Å². The van der Waals surface area contributed by atoms with Crippen molar-refractivity contribution in [3.05, 3.63) is 89.7 Å². The normalized spacial score (nSPS) is 11.9. The second-order valence-corrected chi connectivity index (χ2v) is 10.6. The number of amides is 2. The second-order valence-electron chi connectivity index (χ2n) is 8.69. The van der Waals surface area contributed by atoms with Crippen molar-refractivity contribution in [2.45, 2.75) is 38.3 Å². The molecule has 0 saturated carbocycles. The minimum absolute atomic E-state index is 0.100. The molecular formula is C28H32FN3O5S. The predicted molar refractivity (Wildman–Crippen MR) is 144 cm³/mol. The number of nitrogens with zero attached hydrogens (tertiary/aromatic N) is 2. The van der Waals surface area contributed by atoms with E-state index in [0.717, 1.165) is 39.7 Å². The fourth-order valence-electron chi connectivity index (χ4n) is 3.94. The standard InChI is InChI=1S/C28H32FN3O5S/c1-5-37-25-13-11-24(12-14-25)32(38(35,36)26-15-9-23(29)10-16-26)19-27(33)31(21(3)28(34)30-4)18-22-8-6-7-20(2)17-22/h6-17,21H,5,18-19H2,1-4H3,(H,30,34)/t21-/m0/s1. The molecule has 1 atom stereocenters. The molecule has 0 saturated heterocycles. The first-order valence-electron chi connectivity index (χ1n) is 12.1. The third-order valence-corrected chi connectivity index (χ3v) is 7.75. The molecule has 8 nitrogen and oxygen atoms in total. The highest BCUT2D eigenvalue weighted by Gasteiger charge is 2.32. The average Bonchev–Trinajstić information content (AvgIpc) is 2.90. The third kappa shape index (κ3) is 6.89. The Bertz CT molecular complexity index is 1360. The van der Waals surface area contributed by atoms with Crippen LogP contribution in [-0.2, 0) is 26.2 Å². The number of halogens is 1. The van der Waals surface area contributed by atoms with Crippen molar-refractivity contribution in [1.29, 1.82) is 0 Å². The van der Waals surface area contributed by atoms with E-state index in [9.17, 15) is 22.4 Å². The number of carbonyl (C=O) groups excluding carboxylic acids is 2. The fraction of sp³-hybridized carbons (Fsp3) is 0.286. The van der Waals surface area contributed by atoms with Crippen LogP contribution in [0.15, 0.2) is 77.7 Å². The van der Waals surface area contributed by atoms with Gasteiger partial charge in [0.15, 0.2) is 0 Å². The van der Waals surface area contributed by atoms with Crippen LogP contribution in [0.4, 0.5) is 10.1 Å². The molecule has 0 aliphatic heterocycles. The van der Waals surface area contributed by atoms with E-state index in [1.54, 1.807) is 19.1 Å². The Kier molecular flexibility index (Phi) is 9.46. The smallest absolute Gasteiger partial charge is 0.264 e. The predicted octanol–water partition coefficient (Wildman–Crippen LogP) is 3.89. The van der Waals surface area contributed by atoms with Crippen molar-refractivity contribution in [3.63, 3.8) is 0 Å². The maximum absolute atomic E-state index is 13.7. The van der Waals surface area contributed by atoms with Gasteiger partial charge in [-0.1, -0.05) is 29.8 Å². The summed E-state index contributed by atoms with van der Waals surface area (Å²) >= 11 is 0. The molecule has 2 amide bonds. The maximum atomic E-state index is 13.7. The van der Waals surface area contributed by atoms with Gasteiger partial charge in [-0.3, -0.25) is 13.9 Å². The lowest BCUT2D eigenvalue weighted by Gasteiger charge is -2.32. The fourth-order valence-corrected chi connectivity index (χ4v) is 5.35. The Labute approximate surface area is 223 Å². The molecular weight excluding hydrogens is 509 g/mol. The number of ether oxygens (including phenoxy) is 1. The molecule has 0 spiro atoms. The van der Waals surface area contributed by atoms with Crippen LogP contribution in [0.1, 0.15) is 25.0 Å². The molecule has 1 N–H and O–H groups in total. The van der Waals surface area contributed by atoms with E-state index < -0.39 is 34.3 Å². The SMILES string of the molecule is CCOc1ccc(N(CC(=O)N(Cc2cccc(C)c2)[C@@H](C)C(=O)NC)S(=O)(=O)c2ccc(F)cc2)cc1. The Balaban J connectivity index is 2.03. The van der Waals surface area contributed by atoms with Gasteiger partial charge < -0.3 is 15.0 Å². The highest BCUT2D eigenvalue weighted by atomic mass is 32.2. The van der Waals surface area contributed by atoms with Gasteiger partial charge in [-0.2, -0.15) is 0 Å². The summed E-state index contributed by atoms with van der Waals surface area (Å²) in [4.78, 5) is 27.4. The van der Waals surface area contributed by atoms with Gasteiger partial charge >= 0.3 is 0 Å². The van der Waals surface area contributed by atoms with Crippen LogP contribution in [0.25, 0.3) is 0 Å². The highest BCUT2D eigenvalue weighted by Crippen LogP contribution is 2.27. The van der Waals surface area contributed by atoms with E-state index >= 15 is 0 Å². The maximum Gasteiger partial charge on any atom is 0.264 e. The summed E-state index contributed by atoms with van der Waals surface area (Å²) in [6, 6.07) is 17.3. The molecule has 0 fully saturated rings. The van der Waals surface area contributed by atoms with Gasteiger partial charge in [0, 0.05) is 13.6 Å². The molecule has 0 aliphatic rings. The number of rotatable bonds is 11. The number of aryl methyl sites for hydroxylation is 1. The van der Waals surface area contributed by atoms with E-state index in [0.29, 0.717) is 12.4 Å². The minimum atomic E-state index is -4.28. The topological polar surface area (TPSA) is 96.0 Å². The summed E-state index contributed by atoms with van der Waals surface area (Å²) in [6.45, 7) is 5.28. The monoisotopic (exact) mass is 541 g/mol. The van der Waals surface area contributed by atoms with Crippen LogP contribution in [0, 0.1) is 12.7 Å². The molecule has 3 aromatic rings. The largest absolute Gasteiger partial charge is 0.494 e. The molecule has 0 heterocycles. The number of carbonyl (C=O) groups is 2. The number of anilines is 1. The van der Waals surface area contributed by atoms with Gasteiger partial charge in [0.2, 0.25) is 11.8 Å². The van der Waals surface area contributed by atoms with Crippen LogP contribution in [0.3, 0.4) is 0 Å². The minimum Gasteiger partial charge on any atom is -0.494 e. The average molecular weight is 542 g/mol. The van der Waals surface area contributed by atoms with Gasteiger partial charge in [-0.05, 0) is 74.9 Å². The zero-order valence-corrected chi connectivity index (χ0v) is 22.7. The summed E-state index contributed by atoms with van der Waals surface area (Å²) in [7, 11) is -2.81. The van der Waals surface area contributed by atoms with Gasteiger partial charge in [-0.15, -0.1) is 0 Å². The Morgan fingerprint density at radius 3 is 2.26 bits per heavy atom. The number of nitrogens with one attached hydrogen (secondary N) is 1.